The van der Waals surface area contributed by atoms with Crippen LogP contribution in [0.5, 0.6) is 5.75 Å². The molecule has 0 aliphatic rings. The van der Waals surface area contributed by atoms with Crippen molar-refractivity contribution in [3.05, 3.63) is 23.0 Å². The molecule has 1 heterocycles. The molecule has 1 rings (SSSR count). The van der Waals surface area contributed by atoms with Crippen molar-refractivity contribution in [1.82, 2.24) is 4.98 Å². The molecular weight excluding hydrogens is 240 g/mol. The molecule has 0 aromatic carbocycles. The monoisotopic (exact) mass is 264 g/mol. The van der Waals surface area contributed by atoms with E-state index in [0.717, 1.165) is 22.6 Å². The van der Waals surface area contributed by atoms with Crippen molar-refractivity contribution < 1.29 is 9.53 Å². The zero-order chi connectivity index (χ0) is 14.6. The number of ether oxygens (including phenoxy) is 1. The average molecular weight is 264 g/mol. The van der Waals surface area contributed by atoms with Crippen LogP contribution in [0.4, 0.5) is 0 Å². The molecular formula is C15H24N2O2. The first-order valence-electron chi connectivity index (χ1n) is 6.63. The number of methoxy groups -OCH3 is 1. The molecule has 0 aliphatic carbocycles. The quantitative estimate of drug-likeness (QED) is 0.855. The van der Waals surface area contributed by atoms with Crippen LogP contribution < -0.4 is 10.5 Å². The predicted octanol–water partition coefficient (Wildman–Crippen LogP) is 2.19. The average Bonchev–Trinajstić information content (AvgIpc) is 2.33. The van der Waals surface area contributed by atoms with E-state index in [4.69, 9.17) is 10.5 Å². The van der Waals surface area contributed by atoms with Crippen LogP contribution >= 0.6 is 0 Å². The van der Waals surface area contributed by atoms with Gasteiger partial charge in [0.1, 0.15) is 11.5 Å². The summed E-state index contributed by atoms with van der Waals surface area (Å²) in [6.45, 7) is 7.93. The van der Waals surface area contributed by atoms with E-state index in [-0.39, 0.29) is 11.8 Å². The molecule has 106 valence electrons. The Balaban J connectivity index is 2.80. The van der Waals surface area contributed by atoms with Crippen molar-refractivity contribution in [2.45, 2.75) is 46.6 Å². The molecule has 1 aromatic rings. The lowest BCUT2D eigenvalue weighted by Crippen LogP contribution is -2.30. The van der Waals surface area contributed by atoms with Crippen molar-refractivity contribution in [3.63, 3.8) is 0 Å². The number of carbonyl (C=O) groups excluding carboxylic acids is 1. The Hall–Kier alpha value is -1.42. The van der Waals surface area contributed by atoms with Gasteiger partial charge in [-0.05, 0) is 19.8 Å². The van der Waals surface area contributed by atoms with Crippen molar-refractivity contribution in [3.8, 4) is 5.75 Å². The van der Waals surface area contributed by atoms with Crippen molar-refractivity contribution in [2.24, 2.45) is 11.7 Å². The normalized spacial score (nSPS) is 12.6. The molecule has 1 unspecified atom stereocenters. The molecule has 2 N–H and O–H groups in total. The SMILES string of the molecule is COc1c(C)cnc(CC(=O)CC(N)C(C)C)c1C. The molecule has 0 fully saturated rings. The summed E-state index contributed by atoms with van der Waals surface area (Å²) in [5, 5.41) is 0. The standard InChI is InChI=1S/C15H24N2O2/c1-9(2)13(16)6-12(18)7-14-11(4)15(19-5)10(3)8-17-14/h8-9,13H,6-7,16H2,1-5H3. The number of nitrogens with two attached hydrogens (primary N) is 1. The van der Waals surface area contributed by atoms with Crippen LogP contribution in [0.2, 0.25) is 0 Å². The van der Waals surface area contributed by atoms with Crippen molar-refractivity contribution in [1.29, 1.82) is 0 Å². The van der Waals surface area contributed by atoms with Gasteiger partial charge in [-0.3, -0.25) is 9.78 Å². The molecule has 0 bridgehead atoms. The minimum absolute atomic E-state index is 0.0832. The van der Waals surface area contributed by atoms with Gasteiger partial charge in [0.15, 0.2) is 0 Å². The fourth-order valence-electron chi connectivity index (χ4n) is 2.01. The number of ketones is 1. The fourth-order valence-corrected chi connectivity index (χ4v) is 2.01. The second kappa shape index (κ2) is 6.66. The van der Waals surface area contributed by atoms with Crippen molar-refractivity contribution >= 4 is 5.78 Å². The third-order valence-electron chi connectivity index (χ3n) is 3.43. The lowest BCUT2D eigenvalue weighted by molar-refractivity contribution is -0.119. The fraction of sp³-hybridized carbons (Fsp3) is 0.600. The predicted molar refractivity (Wildman–Crippen MR) is 76.4 cm³/mol. The summed E-state index contributed by atoms with van der Waals surface area (Å²) in [7, 11) is 1.63. The molecule has 0 radical (unpaired) electrons. The van der Waals surface area contributed by atoms with Gasteiger partial charge < -0.3 is 10.5 Å². The first-order valence-corrected chi connectivity index (χ1v) is 6.63. The minimum atomic E-state index is -0.0832. The summed E-state index contributed by atoms with van der Waals surface area (Å²) in [4.78, 5) is 16.3. The second-order valence-electron chi connectivity index (χ2n) is 5.37. The van der Waals surface area contributed by atoms with Crippen LogP contribution in [0.15, 0.2) is 6.20 Å². The number of rotatable bonds is 6. The molecule has 1 aromatic heterocycles. The maximum absolute atomic E-state index is 12.0. The van der Waals surface area contributed by atoms with Crippen LogP contribution in [0.3, 0.4) is 0 Å². The maximum Gasteiger partial charge on any atom is 0.140 e. The van der Waals surface area contributed by atoms with Crippen LogP contribution in [0.1, 0.15) is 37.1 Å². The van der Waals surface area contributed by atoms with Gasteiger partial charge in [-0.25, -0.2) is 0 Å². The highest BCUT2D eigenvalue weighted by molar-refractivity contribution is 5.81. The van der Waals surface area contributed by atoms with E-state index >= 15 is 0 Å². The summed E-state index contributed by atoms with van der Waals surface area (Å²) in [6.07, 6.45) is 2.47. The number of aromatic nitrogens is 1. The Bertz CT molecular complexity index is 456. The Morgan fingerprint density at radius 2 is 2.05 bits per heavy atom. The summed E-state index contributed by atoms with van der Waals surface area (Å²) in [6, 6.07) is -0.0832. The van der Waals surface area contributed by atoms with Gasteiger partial charge in [-0.15, -0.1) is 0 Å². The summed E-state index contributed by atoms with van der Waals surface area (Å²) < 4.78 is 5.34. The molecule has 0 aliphatic heterocycles. The Kier molecular flexibility index (Phi) is 5.48. The molecule has 1 atom stereocenters. The van der Waals surface area contributed by atoms with E-state index in [9.17, 15) is 4.79 Å². The third-order valence-corrected chi connectivity index (χ3v) is 3.43. The number of pyridine rings is 1. The highest BCUT2D eigenvalue weighted by Gasteiger charge is 2.16. The zero-order valence-electron chi connectivity index (χ0n) is 12.5. The van der Waals surface area contributed by atoms with E-state index in [1.807, 2.05) is 27.7 Å². The second-order valence-corrected chi connectivity index (χ2v) is 5.37. The maximum atomic E-state index is 12.0. The first-order chi connectivity index (χ1) is 8.86. The van der Waals surface area contributed by atoms with Crippen molar-refractivity contribution in [2.75, 3.05) is 7.11 Å². The summed E-state index contributed by atoms with van der Waals surface area (Å²) in [5.74, 6) is 1.25. The molecule has 4 heteroatoms. The Morgan fingerprint density at radius 1 is 1.42 bits per heavy atom. The first kappa shape index (κ1) is 15.6. The molecule has 0 saturated carbocycles. The molecule has 19 heavy (non-hydrogen) atoms. The molecule has 4 nitrogen and oxygen atoms in total. The van der Waals surface area contributed by atoms with Crippen LogP contribution in [0.25, 0.3) is 0 Å². The van der Waals surface area contributed by atoms with Crippen LogP contribution in [0, 0.1) is 19.8 Å². The Morgan fingerprint density at radius 3 is 2.58 bits per heavy atom. The van der Waals surface area contributed by atoms with Gasteiger partial charge in [-0.1, -0.05) is 13.8 Å². The van der Waals surface area contributed by atoms with Crippen LogP contribution in [-0.4, -0.2) is 23.9 Å². The van der Waals surface area contributed by atoms with E-state index in [2.05, 4.69) is 4.98 Å². The summed E-state index contributed by atoms with van der Waals surface area (Å²) >= 11 is 0. The molecule has 0 saturated heterocycles. The van der Waals surface area contributed by atoms with Gasteiger partial charge in [-0.2, -0.15) is 0 Å². The highest BCUT2D eigenvalue weighted by atomic mass is 16.5. The number of hydrogen-bond donors (Lipinski definition) is 1. The van der Waals surface area contributed by atoms with E-state index in [0.29, 0.717) is 18.8 Å². The number of hydrogen-bond acceptors (Lipinski definition) is 4. The lowest BCUT2D eigenvalue weighted by atomic mass is 9.97. The van der Waals surface area contributed by atoms with E-state index in [1.165, 1.54) is 0 Å². The number of nitrogens with zero attached hydrogens (tertiary/aromatic N) is 1. The minimum Gasteiger partial charge on any atom is -0.496 e. The van der Waals surface area contributed by atoms with Gasteiger partial charge in [0.05, 0.1) is 12.8 Å². The number of Topliss-reactive ketones (excluding diaryl/α,β-unsaturated/α-hetero) is 1. The van der Waals surface area contributed by atoms with Crippen LogP contribution in [-0.2, 0) is 11.2 Å². The lowest BCUT2D eigenvalue weighted by Gasteiger charge is -2.15. The van der Waals surface area contributed by atoms with E-state index in [1.54, 1.807) is 13.3 Å². The smallest absolute Gasteiger partial charge is 0.140 e. The van der Waals surface area contributed by atoms with Gasteiger partial charge in [0.25, 0.3) is 0 Å². The van der Waals surface area contributed by atoms with Gasteiger partial charge >= 0.3 is 0 Å². The summed E-state index contributed by atoms with van der Waals surface area (Å²) in [5.41, 5.74) is 8.62. The zero-order valence-corrected chi connectivity index (χ0v) is 12.5. The molecule has 0 spiro atoms. The van der Waals surface area contributed by atoms with Gasteiger partial charge in [0.2, 0.25) is 0 Å². The largest absolute Gasteiger partial charge is 0.496 e. The highest BCUT2D eigenvalue weighted by Crippen LogP contribution is 2.24. The van der Waals surface area contributed by atoms with E-state index < -0.39 is 0 Å². The topological polar surface area (TPSA) is 65.2 Å². The third kappa shape index (κ3) is 4.03. The molecule has 0 amide bonds. The Labute approximate surface area is 115 Å². The van der Waals surface area contributed by atoms with Gasteiger partial charge in [0, 0.05) is 36.2 Å². The number of carbonyl (C=O) groups is 1. The number of aryl methyl sites for hydroxylation is 1.